The highest BCUT2D eigenvalue weighted by atomic mass is 19.1. The predicted molar refractivity (Wildman–Crippen MR) is 77.1 cm³/mol. The van der Waals surface area contributed by atoms with E-state index in [0.717, 1.165) is 32.6 Å². The van der Waals surface area contributed by atoms with E-state index in [9.17, 15) is 4.39 Å². The lowest BCUT2D eigenvalue weighted by atomic mass is 9.90. The van der Waals surface area contributed by atoms with E-state index < -0.39 is 0 Å². The minimum Gasteiger partial charge on any atom is -0.371 e. The minimum absolute atomic E-state index is 0.0909. The smallest absolute Gasteiger partial charge is 0.123 e. The van der Waals surface area contributed by atoms with Crippen LogP contribution in [0.5, 0.6) is 0 Å². The molecule has 19 heavy (non-hydrogen) atoms. The molecule has 0 radical (unpaired) electrons. The molecule has 0 bridgehead atoms. The number of benzene rings is 1. The highest BCUT2D eigenvalue weighted by Crippen LogP contribution is 2.29. The van der Waals surface area contributed by atoms with Crippen LogP contribution in [0.25, 0.3) is 0 Å². The van der Waals surface area contributed by atoms with Gasteiger partial charge >= 0.3 is 0 Å². The summed E-state index contributed by atoms with van der Waals surface area (Å²) in [5, 5.41) is 3.40. The fourth-order valence-electron chi connectivity index (χ4n) is 3.38. The zero-order valence-electron chi connectivity index (χ0n) is 11.5. The average Bonchev–Trinajstić information content (AvgIpc) is 2.94. The Morgan fingerprint density at radius 3 is 2.63 bits per heavy atom. The van der Waals surface area contributed by atoms with E-state index in [-0.39, 0.29) is 5.82 Å². The van der Waals surface area contributed by atoms with E-state index in [1.54, 1.807) is 12.1 Å². The lowest BCUT2D eigenvalue weighted by Gasteiger charge is -2.26. The molecule has 0 saturated carbocycles. The zero-order chi connectivity index (χ0) is 13.1. The Bertz CT molecular complexity index is 421. The summed E-state index contributed by atoms with van der Waals surface area (Å²) in [6.07, 6.45) is 6.01. The highest BCUT2D eigenvalue weighted by molar-refractivity contribution is 5.54. The SMILES string of the molecule is Fc1ccc(N2CCCC2)c(CC2CCNCC2)c1. The van der Waals surface area contributed by atoms with Gasteiger partial charge in [0.05, 0.1) is 0 Å². The fraction of sp³-hybridized carbons (Fsp3) is 0.625. The van der Waals surface area contributed by atoms with Crippen molar-refractivity contribution in [3.8, 4) is 0 Å². The van der Waals surface area contributed by atoms with Crippen molar-refractivity contribution in [1.82, 2.24) is 5.32 Å². The van der Waals surface area contributed by atoms with Crippen molar-refractivity contribution in [2.75, 3.05) is 31.1 Å². The molecule has 2 saturated heterocycles. The number of halogens is 1. The molecule has 0 aliphatic carbocycles. The van der Waals surface area contributed by atoms with Gasteiger partial charge in [-0.25, -0.2) is 4.39 Å². The lowest BCUT2D eigenvalue weighted by Crippen LogP contribution is -2.29. The first-order chi connectivity index (χ1) is 9.33. The molecule has 1 aromatic rings. The number of anilines is 1. The van der Waals surface area contributed by atoms with Crippen LogP contribution in [-0.2, 0) is 6.42 Å². The normalized spacial score (nSPS) is 21.0. The molecule has 2 nitrogen and oxygen atoms in total. The first-order valence-corrected chi connectivity index (χ1v) is 7.57. The number of rotatable bonds is 3. The van der Waals surface area contributed by atoms with Gasteiger partial charge < -0.3 is 10.2 Å². The third-order valence-corrected chi connectivity index (χ3v) is 4.46. The topological polar surface area (TPSA) is 15.3 Å². The van der Waals surface area contributed by atoms with Crippen molar-refractivity contribution in [1.29, 1.82) is 0 Å². The molecule has 2 fully saturated rings. The summed E-state index contributed by atoms with van der Waals surface area (Å²) >= 11 is 0. The Balaban J connectivity index is 1.79. The molecule has 0 spiro atoms. The molecule has 1 aromatic carbocycles. The van der Waals surface area contributed by atoms with Crippen LogP contribution in [-0.4, -0.2) is 26.2 Å². The number of hydrogen-bond donors (Lipinski definition) is 1. The van der Waals surface area contributed by atoms with Crippen LogP contribution in [0.4, 0.5) is 10.1 Å². The Hall–Kier alpha value is -1.09. The van der Waals surface area contributed by atoms with Crippen molar-refractivity contribution in [2.45, 2.75) is 32.1 Å². The number of nitrogens with one attached hydrogen (secondary N) is 1. The summed E-state index contributed by atoms with van der Waals surface area (Å²) in [6.45, 7) is 4.48. The zero-order valence-corrected chi connectivity index (χ0v) is 11.5. The predicted octanol–water partition coefficient (Wildman–Crippen LogP) is 2.97. The molecule has 2 aliphatic rings. The first kappa shape index (κ1) is 12.9. The standard InChI is InChI=1S/C16H23FN2/c17-15-3-4-16(19-9-1-2-10-19)14(12-15)11-13-5-7-18-8-6-13/h3-4,12-13,18H,1-2,5-11H2. The van der Waals surface area contributed by atoms with E-state index in [1.807, 2.05) is 6.07 Å². The maximum Gasteiger partial charge on any atom is 0.123 e. The lowest BCUT2D eigenvalue weighted by molar-refractivity contribution is 0.372. The number of hydrogen-bond acceptors (Lipinski definition) is 2. The molecule has 2 aliphatic heterocycles. The fourth-order valence-corrected chi connectivity index (χ4v) is 3.38. The Labute approximate surface area is 115 Å². The van der Waals surface area contributed by atoms with Gasteiger partial charge in [-0.1, -0.05) is 0 Å². The van der Waals surface area contributed by atoms with Crippen LogP contribution in [0, 0.1) is 11.7 Å². The maximum absolute atomic E-state index is 13.6. The molecule has 0 amide bonds. The van der Waals surface area contributed by atoms with Crippen LogP contribution in [0.1, 0.15) is 31.2 Å². The summed E-state index contributed by atoms with van der Waals surface area (Å²) in [4.78, 5) is 2.43. The van der Waals surface area contributed by atoms with E-state index >= 15 is 0 Å². The van der Waals surface area contributed by atoms with Crippen LogP contribution in [0.15, 0.2) is 18.2 Å². The van der Waals surface area contributed by atoms with Crippen molar-refractivity contribution in [3.05, 3.63) is 29.6 Å². The van der Waals surface area contributed by atoms with E-state index in [4.69, 9.17) is 0 Å². The van der Waals surface area contributed by atoms with Gasteiger partial charge in [0.25, 0.3) is 0 Å². The van der Waals surface area contributed by atoms with Gasteiger partial charge in [-0.15, -0.1) is 0 Å². The molecule has 104 valence electrons. The first-order valence-electron chi connectivity index (χ1n) is 7.57. The third kappa shape index (κ3) is 3.08. The summed E-state index contributed by atoms with van der Waals surface area (Å²) in [5.74, 6) is 0.622. The summed E-state index contributed by atoms with van der Waals surface area (Å²) < 4.78 is 13.6. The minimum atomic E-state index is -0.0909. The average molecular weight is 262 g/mol. The van der Waals surface area contributed by atoms with Crippen LogP contribution < -0.4 is 10.2 Å². The van der Waals surface area contributed by atoms with Gasteiger partial charge in [0.1, 0.15) is 5.82 Å². The van der Waals surface area contributed by atoms with Gasteiger partial charge in [-0.3, -0.25) is 0 Å². The molecular weight excluding hydrogens is 239 g/mol. The summed E-state index contributed by atoms with van der Waals surface area (Å²) in [5.41, 5.74) is 2.49. The van der Waals surface area contributed by atoms with Gasteiger partial charge in [0.15, 0.2) is 0 Å². The summed E-state index contributed by atoms with van der Waals surface area (Å²) in [6, 6.07) is 5.35. The van der Waals surface area contributed by atoms with Crippen molar-refractivity contribution in [2.24, 2.45) is 5.92 Å². The van der Waals surface area contributed by atoms with Gasteiger partial charge in [0, 0.05) is 18.8 Å². The van der Waals surface area contributed by atoms with Gasteiger partial charge in [-0.2, -0.15) is 0 Å². The Morgan fingerprint density at radius 1 is 1.16 bits per heavy atom. The molecule has 3 heteroatoms. The van der Waals surface area contributed by atoms with Crippen LogP contribution >= 0.6 is 0 Å². The van der Waals surface area contributed by atoms with E-state index in [2.05, 4.69) is 10.2 Å². The monoisotopic (exact) mass is 262 g/mol. The van der Waals surface area contributed by atoms with Crippen LogP contribution in [0.2, 0.25) is 0 Å². The third-order valence-electron chi connectivity index (χ3n) is 4.46. The van der Waals surface area contributed by atoms with Crippen molar-refractivity contribution in [3.63, 3.8) is 0 Å². The summed E-state index contributed by atoms with van der Waals surface area (Å²) in [7, 11) is 0. The molecular formula is C16H23FN2. The van der Waals surface area contributed by atoms with E-state index in [0.29, 0.717) is 5.92 Å². The Morgan fingerprint density at radius 2 is 1.89 bits per heavy atom. The van der Waals surface area contributed by atoms with Crippen molar-refractivity contribution >= 4 is 5.69 Å². The van der Waals surface area contributed by atoms with E-state index in [1.165, 1.54) is 36.9 Å². The van der Waals surface area contributed by atoms with Gasteiger partial charge in [-0.05, 0) is 74.9 Å². The second kappa shape index (κ2) is 5.91. The van der Waals surface area contributed by atoms with Crippen molar-refractivity contribution < 1.29 is 4.39 Å². The molecule has 2 heterocycles. The number of piperidine rings is 1. The van der Waals surface area contributed by atoms with Crippen LogP contribution in [0.3, 0.4) is 0 Å². The largest absolute Gasteiger partial charge is 0.371 e. The second-order valence-corrected chi connectivity index (χ2v) is 5.86. The maximum atomic E-state index is 13.6. The van der Waals surface area contributed by atoms with Gasteiger partial charge in [0.2, 0.25) is 0 Å². The number of nitrogens with zero attached hydrogens (tertiary/aromatic N) is 1. The molecule has 1 N–H and O–H groups in total. The molecule has 0 unspecified atom stereocenters. The Kier molecular flexibility index (Phi) is 4.02. The molecule has 0 aromatic heterocycles. The highest BCUT2D eigenvalue weighted by Gasteiger charge is 2.20. The second-order valence-electron chi connectivity index (χ2n) is 5.86. The quantitative estimate of drug-likeness (QED) is 0.901. The molecule has 3 rings (SSSR count). The molecule has 0 atom stereocenters.